The second-order valence-corrected chi connectivity index (χ2v) is 8.32. The van der Waals surface area contributed by atoms with Crippen LogP contribution in [0.2, 0.25) is 0 Å². The fourth-order valence-corrected chi connectivity index (χ4v) is 4.12. The summed E-state index contributed by atoms with van der Waals surface area (Å²) >= 11 is 0. The fraction of sp³-hybridized carbons (Fsp3) is 0.333. The Labute approximate surface area is 185 Å². The summed E-state index contributed by atoms with van der Waals surface area (Å²) in [4.78, 5) is 29.4. The average Bonchev–Trinajstić information content (AvgIpc) is 3.58. The molecule has 1 saturated heterocycles. The van der Waals surface area contributed by atoms with E-state index in [0.717, 1.165) is 29.8 Å². The number of halogens is 1. The van der Waals surface area contributed by atoms with Crippen LogP contribution >= 0.6 is 0 Å². The van der Waals surface area contributed by atoms with Gasteiger partial charge in [0.05, 0.1) is 17.8 Å². The van der Waals surface area contributed by atoms with E-state index in [0.29, 0.717) is 37.8 Å². The smallest absolute Gasteiger partial charge is 0.276 e. The summed E-state index contributed by atoms with van der Waals surface area (Å²) in [5, 5.41) is 8.54. The molecule has 1 saturated carbocycles. The van der Waals surface area contributed by atoms with Gasteiger partial charge in [-0.3, -0.25) is 9.59 Å². The minimum atomic E-state index is -0.317. The number of rotatable bonds is 5. The van der Waals surface area contributed by atoms with Crippen LogP contribution in [0.15, 0.2) is 54.6 Å². The van der Waals surface area contributed by atoms with Crippen molar-refractivity contribution in [3.05, 3.63) is 77.4 Å². The molecule has 2 aromatic carbocycles. The summed E-state index contributed by atoms with van der Waals surface area (Å²) in [6.07, 6.45) is 2.30. The Bertz CT molecular complexity index is 1120. The second-order valence-electron chi connectivity index (χ2n) is 8.32. The number of piperazine rings is 1. The van der Waals surface area contributed by atoms with Gasteiger partial charge in [-0.15, -0.1) is 5.10 Å². The number of amides is 2. The lowest BCUT2D eigenvalue weighted by molar-refractivity contribution is -0.131. The van der Waals surface area contributed by atoms with Crippen molar-refractivity contribution in [2.24, 2.45) is 0 Å². The Hall–Kier alpha value is -3.55. The topological polar surface area (TPSA) is 71.3 Å². The molecule has 0 radical (unpaired) electrons. The van der Waals surface area contributed by atoms with Crippen molar-refractivity contribution in [2.75, 3.05) is 26.2 Å². The van der Waals surface area contributed by atoms with Crippen molar-refractivity contribution in [3.63, 3.8) is 0 Å². The number of para-hydroxylation sites is 1. The van der Waals surface area contributed by atoms with E-state index in [-0.39, 0.29) is 24.1 Å². The zero-order chi connectivity index (χ0) is 22.1. The van der Waals surface area contributed by atoms with Gasteiger partial charge in [0.15, 0.2) is 5.69 Å². The van der Waals surface area contributed by atoms with Gasteiger partial charge in [-0.25, -0.2) is 9.07 Å². The van der Waals surface area contributed by atoms with Gasteiger partial charge < -0.3 is 9.80 Å². The fourth-order valence-electron chi connectivity index (χ4n) is 4.12. The van der Waals surface area contributed by atoms with Crippen LogP contribution in [-0.4, -0.2) is 62.8 Å². The Morgan fingerprint density at radius 1 is 0.906 bits per heavy atom. The molecule has 32 heavy (non-hydrogen) atoms. The number of carbonyl (C=O) groups excluding carboxylic acids is 2. The van der Waals surface area contributed by atoms with E-state index in [1.54, 1.807) is 26.6 Å². The van der Waals surface area contributed by atoms with Crippen LogP contribution in [0.25, 0.3) is 5.69 Å². The van der Waals surface area contributed by atoms with Crippen LogP contribution < -0.4 is 0 Å². The first kappa shape index (κ1) is 20.4. The molecule has 2 heterocycles. The molecule has 164 valence electrons. The summed E-state index contributed by atoms with van der Waals surface area (Å²) in [7, 11) is 0. The largest absolute Gasteiger partial charge is 0.339 e. The highest BCUT2D eigenvalue weighted by molar-refractivity contribution is 5.94. The third kappa shape index (κ3) is 4.12. The first-order valence-electron chi connectivity index (χ1n) is 10.9. The number of hydrogen-bond acceptors (Lipinski definition) is 4. The Morgan fingerprint density at radius 2 is 1.56 bits per heavy atom. The quantitative estimate of drug-likeness (QED) is 0.620. The monoisotopic (exact) mass is 433 g/mol. The minimum Gasteiger partial charge on any atom is -0.339 e. The predicted octanol–water partition coefficient (Wildman–Crippen LogP) is 2.81. The maximum atomic E-state index is 13.3. The normalized spacial score (nSPS) is 16.3. The van der Waals surface area contributed by atoms with E-state index < -0.39 is 0 Å². The van der Waals surface area contributed by atoms with E-state index in [1.165, 1.54) is 12.1 Å². The van der Waals surface area contributed by atoms with Crippen molar-refractivity contribution < 1.29 is 14.0 Å². The van der Waals surface area contributed by atoms with E-state index in [2.05, 4.69) is 10.3 Å². The standard InChI is InChI=1S/C24H24FN5O2/c25-19-10-6-17(7-11-19)16-21(31)28-12-14-29(15-13-28)24(32)22-23(18-8-9-18)30(27-26-22)20-4-2-1-3-5-20/h1-7,10-11,18H,8-9,12-16H2. The molecular formula is C24H24FN5O2. The molecule has 1 aliphatic heterocycles. The molecule has 2 amide bonds. The highest BCUT2D eigenvalue weighted by Crippen LogP contribution is 2.42. The number of benzene rings is 2. The lowest BCUT2D eigenvalue weighted by atomic mass is 10.1. The molecular weight excluding hydrogens is 409 g/mol. The lowest BCUT2D eigenvalue weighted by Gasteiger charge is -2.34. The second kappa shape index (κ2) is 8.53. The molecule has 0 N–H and O–H groups in total. The molecule has 2 aliphatic rings. The van der Waals surface area contributed by atoms with Gasteiger partial charge in [-0.2, -0.15) is 0 Å². The molecule has 2 fully saturated rings. The predicted molar refractivity (Wildman–Crippen MR) is 116 cm³/mol. The lowest BCUT2D eigenvalue weighted by Crippen LogP contribution is -2.51. The molecule has 5 rings (SSSR count). The van der Waals surface area contributed by atoms with Gasteiger partial charge in [0.25, 0.3) is 5.91 Å². The number of hydrogen-bond donors (Lipinski definition) is 0. The third-order valence-electron chi connectivity index (χ3n) is 6.06. The summed E-state index contributed by atoms with van der Waals surface area (Å²) in [6.45, 7) is 1.85. The summed E-state index contributed by atoms with van der Waals surface area (Å²) in [6, 6.07) is 15.7. The Kier molecular flexibility index (Phi) is 5.43. The van der Waals surface area contributed by atoms with Gasteiger partial charge in [-0.1, -0.05) is 35.5 Å². The van der Waals surface area contributed by atoms with Crippen LogP contribution in [-0.2, 0) is 11.2 Å². The van der Waals surface area contributed by atoms with E-state index in [9.17, 15) is 14.0 Å². The zero-order valence-corrected chi connectivity index (χ0v) is 17.7. The van der Waals surface area contributed by atoms with Crippen molar-refractivity contribution in [1.82, 2.24) is 24.8 Å². The van der Waals surface area contributed by atoms with Gasteiger partial charge in [0.2, 0.25) is 5.91 Å². The molecule has 7 nitrogen and oxygen atoms in total. The van der Waals surface area contributed by atoms with Crippen molar-refractivity contribution >= 4 is 11.8 Å². The molecule has 0 atom stereocenters. The van der Waals surface area contributed by atoms with E-state index in [4.69, 9.17) is 0 Å². The van der Waals surface area contributed by atoms with Crippen LogP contribution in [0.1, 0.15) is 40.5 Å². The molecule has 0 spiro atoms. The number of aromatic nitrogens is 3. The minimum absolute atomic E-state index is 0.0163. The molecule has 0 unspecified atom stereocenters. The molecule has 8 heteroatoms. The van der Waals surface area contributed by atoms with Gasteiger partial charge in [0.1, 0.15) is 5.82 Å². The van der Waals surface area contributed by atoms with Gasteiger partial charge in [-0.05, 0) is 42.7 Å². The molecule has 0 bridgehead atoms. The summed E-state index contributed by atoms with van der Waals surface area (Å²) in [5.41, 5.74) is 2.98. The van der Waals surface area contributed by atoms with Crippen molar-refractivity contribution in [1.29, 1.82) is 0 Å². The first-order valence-corrected chi connectivity index (χ1v) is 10.9. The van der Waals surface area contributed by atoms with Crippen LogP contribution in [0.4, 0.5) is 4.39 Å². The highest BCUT2D eigenvalue weighted by Gasteiger charge is 2.36. The summed E-state index contributed by atoms with van der Waals surface area (Å²) in [5.74, 6) is -0.150. The van der Waals surface area contributed by atoms with Crippen molar-refractivity contribution in [2.45, 2.75) is 25.2 Å². The Morgan fingerprint density at radius 3 is 2.22 bits per heavy atom. The van der Waals surface area contributed by atoms with Gasteiger partial charge >= 0.3 is 0 Å². The van der Waals surface area contributed by atoms with Crippen LogP contribution in [0.3, 0.4) is 0 Å². The average molecular weight is 433 g/mol. The van der Waals surface area contributed by atoms with Crippen LogP contribution in [0, 0.1) is 5.82 Å². The third-order valence-corrected chi connectivity index (χ3v) is 6.06. The highest BCUT2D eigenvalue weighted by atomic mass is 19.1. The molecule has 1 aliphatic carbocycles. The maximum absolute atomic E-state index is 13.3. The maximum Gasteiger partial charge on any atom is 0.276 e. The molecule has 1 aromatic heterocycles. The zero-order valence-electron chi connectivity index (χ0n) is 17.7. The first-order chi connectivity index (χ1) is 15.6. The van der Waals surface area contributed by atoms with Gasteiger partial charge in [0, 0.05) is 32.1 Å². The number of nitrogens with zero attached hydrogens (tertiary/aromatic N) is 5. The Balaban J connectivity index is 1.25. The number of carbonyl (C=O) groups is 2. The van der Waals surface area contributed by atoms with Crippen LogP contribution in [0.5, 0.6) is 0 Å². The van der Waals surface area contributed by atoms with Crippen molar-refractivity contribution in [3.8, 4) is 5.69 Å². The van der Waals surface area contributed by atoms with E-state index >= 15 is 0 Å². The van der Waals surface area contributed by atoms with E-state index in [1.807, 2.05) is 30.3 Å². The molecule has 3 aromatic rings. The summed E-state index contributed by atoms with van der Waals surface area (Å²) < 4.78 is 14.9. The SMILES string of the molecule is O=C(Cc1ccc(F)cc1)N1CCN(C(=O)c2nnn(-c3ccccc3)c2C2CC2)CC1.